The fourth-order valence-electron chi connectivity index (χ4n) is 2.50. The lowest BCUT2D eigenvalue weighted by Gasteiger charge is -2.19. The zero-order valence-corrected chi connectivity index (χ0v) is 13.2. The smallest absolute Gasteiger partial charge is 0.241 e. The molecule has 1 aliphatic carbocycles. The van der Waals surface area contributed by atoms with Crippen LogP contribution in [0.3, 0.4) is 0 Å². The van der Waals surface area contributed by atoms with Gasteiger partial charge in [0.2, 0.25) is 11.7 Å². The molecule has 0 N–H and O–H groups in total. The number of rotatable bonds is 6. The van der Waals surface area contributed by atoms with E-state index in [2.05, 4.69) is 33.4 Å². The fourth-order valence-corrected chi connectivity index (χ4v) is 3.43. The van der Waals surface area contributed by atoms with Crippen molar-refractivity contribution in [2.75, 3.05) is 0 Å². The molecule has 5 nitrogen and oxygen atoms in total. The zero-order chi connectivity index (χ0) is 14.9. The number of furan rings is 1. The highest BCUT2D eigenvalue weighted by Crippen LogP contribution is 2.31. The first-order valence-corrected chi connectivity index (χ1v) is 8.31. The van der Waals surface area contributed by atoms with Gasteiger partial charge in [-0.3, -0.25) is 4.90 Å². The Morgan fingerprint density at radius 1 is 1.32 bits per heavy atom. The van der Waals surface area contributed by atoms with Crippen molar-refractivity contribution in [3.8, 4) is 11.6 Å². The molecule has 0 unspecified atom stereocenters. The highest BCUT2D eigenvalue weighted by molar-refractivity contribution is 7.10. The van der Waals surface area contributed by atoms with Crippen molar-refractivity contribution in [1.29, 1.82) is 0 Å². The zero-order valence-electron chi connectivity index (χ0n) is 12.4. The number of aromatic nitrogens is 2. The maximum absolute atomic E-state index is 5.39. The van der Waals surface area contributed by atoms with Crippen molar-refractivity contribution in [2.45, 2.75) is 38.9 Å². The lowest BCUT2D eigenvalue weighted by molar-refractivity contribution is 0.211. The maximum atomic E-state index is 5.39. The minimum atomic E-state index is 0.517. The number of hydrogen-bond acceptors (Lipinski definition) is 6. The molecule has 1 saturated carbocycles. The van der Waals surface area contributed by atoms with Crippen LogP contribution in [0.4, 0.5) is 0 Å². The van der Waals surface area contributed by atoms with Crippen LogP contribution in [0.1, 0.15) is 29.2 Å². The SMILES string of the molecule is Cc1ccsc1CN(Cc1nc(-c2ccco2)no1)C1CC1. The first kappa shape index (κ1) is 13.7. The normalized spacial score (nSPS) is 14.8. The molecule has 0 spiro atoms. The van der Waals surface area contributed by atoms with Gasteiger partial charge in [0.25, 0.3) is 0 Å². The Morgan fingerprint density at radius 2 is 2.23 bits per heavy atom. The summed E-state index contributed by atoms with van der Waals surface area (Å²) in [6.07, 6.45) is 4.12. The summed E-state index contributed by atoms with van der Waals surface area (Å²) in [5.74, 6) is 1.80. The van der Waals surface area contributed by atoms with Gasteiger partial charge in [0.1, 0.15) is 0 Å². The first-order valence-electron chi connectivity index (χ1n) is 7.43. The molecule has 0 atom stereocenters. The molecule has 0 saturated heterocycles. The molecule has 22 heavy (non-hydrogen) atoms. The summed E-state index contributed by atoms with van der Waals surface area (Å²) in [5, 5.41) is 6.15. The average molecular weight is 315 g/mol. The second-order valence-corrected chi connectivity index (χ2v) is 6.65. The van der Waals surface area contributed by atoms with E-state index < -0.39 is 0 Å². The first-order chi connectivity index (χ1) is 10.8. The summed E-state index contributed by atoms with van der Waals surface area (Å²) in [4.78, 5) is 8.29. The van der Waals surface area contributed by atoms with Gasteiger partial charge in [-0.2, -0.15) is 4.98 Å². The van der Waals surface area contributed by atoms with Gasteiger partial charge in [0, 0.05) is 17.5 Å². The minimum absolute atomic E-state index is 0.517. The Bertz CT molecular complexity index is 743. The van der Waals surface area contributed by atoms with E-state index in [1.54, 1.807) is 6.26 Å². The second-order valence-electron chi connectivity index (χ2n) is 5.65. The third kappa shape index (κ3) is 2.84. The van der Waals surface area contributed by atoms with Gasteiger partial charge in [-0.05, 0) is 48.9 Å². The van der Waals surface area contributed by atoms with Gasteiger partial charge in [-0.1, -0.05) is 5.16 Å². The number of aryl methyl sites for hydroxylation is 1. The Hall–Kier alpha value is -1.92. The highest BCUT2D eigenvalue weighted by Gasteiger charge is 2.31. The molecule has 1 fully saturated rings. The van der Waals surface area contributed by atoms with E-state index >= 15 is 0 Å². The van der Waals surface area contributed by atoms with Gasteiger partial charge < -0.3 is 8.94 Å². The molecule has 0 bridgehead atoms. The summed E-state index contributed by atoms with van der Waals surface area (Å²) in [5.41, 5.74) is 1.36. The molecular formula is C16H17N3O2S. The molecule has 1 aliphatic rings. The predicted octanol–water partition coefficient (Wildman–Crippen LogP) is 3.86. The summed E-state index contributed by atoms with van der Waals surface area (Å²) in [6, 6.07) is 6.47. The molecule has 6 heteroatoms. The minimum Gasteiger partial charge on any atom is -0.461 e. The summed E-state index contributed by atoms with van der Waals surface area (Å²) < 4.78 is 10.7. The van der Waals surface area contributed by atoms with Crippen molar-refractivity contribution in [3.63, 3.8) is 0 Å². The lowest BCUT2D eigenvalue weighted by atomic mass is 10.2. The maximum Gasteiger partial charge on any atom is 0.241 e. The summed E-state index contributed by atoms with van der Waals surface area (Å²) >= 11 is 1.81. The van der Waals surface area contributed by atoms with Crippen molar-refractivity contribution in [1.82, 2.24) is 15.0 Å². The van der Waals surface area contributed by atoms with Crippen LogP contribution in [0.5, 0.6) is 0 Å². The molecule has 3 aromatic rings. The summed E-state index contributed by atoms with van der Waals surface area (Å²) in [7, 11) is 0. The molecular weight excluding hydrogens is 298 g/mol. The highest BCUT2D eigenvalue weighted by atomic mass is 32.1. The number of hydrogen-bond donors (Lipinski definition) is 0. The quantitative estimate of drug-likeness (QED) is 0.691. The summed E-state index contributed by atoms with van der Waals surface area (Å²) in [6.45, 7) is 3.81. The van der Waals surface area contributed by atoms with E-state index in [1.165, 1.54) is 23.3 Å². The standard InChI is InChI=1S/C16H17N3O2S/c1-11-6-8-22-14(11)9-19(12-4-5-12)10-15-17-16(18-21-15)13-3-2-7-20-13/h2-3,6-8,12H,4-5,9-10H2,1H3. The van der Waals surface area contributed by atoms with Crippen molar-refractivity contribution < 1.29 is 8.94 Å². The fraction of sp³-hybridized carbons (Fsp3) is 0.375. The van der Waals surface area contributed by atoms with Crippen LogP contribution in [0.15, 0.2) is 38.8 Å². The Morgan fingerprint density at radius 3 is 2.91 bits per heavy atom. The van der Waals surface area contributed by atoms with Crippen LogP contribution < -0.4 is 0 Å². The van der Waals surface area contributed by atoms with Gasteiger partial charge in [0.15, 0.2) is 5.76 Å². The van der Waals surface area contributed by atoms with Crippen LogP contribution in [-0.4, -0.2) is 21.1 Å². The van der Waals surface area contributed by atoms with Crippen LogP contribution in [0.2, 0.25) is 0 Å². The van der Waals surface area contributed by atoms with Crippen molar-refractivity contribution in [2.24, 2.45) is 0 Å². The number of nitrogens with zero attached hydrogens (tertiary/aromatic N) is 3. The van der Waals surface area contributed by atoms with Crippen molar-refractivity contribution >= 4 is 11.3 Å². The van der Waals surface area contributed by atoms with Gasteiger partial charge >= 0.3 is 0 Å². The van der Waals surface area contributed by atoms with Crippen molar-refractivity contribution in [3.05, 3.63) is 46.2 Å². The lowest BCUT2D eigenvalue weighted by Crippen LogP contribution is -2.25. The van der Waals surface area contributed by atoms with E-state index in [-0.39, 0.29) is 0 Å². The van der Waals surface area contributed by atoms with Gasteiger partial charge in [-0.15, -0.1) is 11.3 Å². The van der Waals surface area contributed by atoms with Gasteiger partial charge in [0.05, 0.1) is 12.8 Å². The van der Waals surface area contributed by atoms with Crippen LogP contribution in [0.25, 0.3) is 11.6 Å². The molecule has 0 radical (unpaired) electrons. The van der Waals surface area contributed by atoms with Crippen LogP contribution in [0, 0.1) is 6.92 Å². The predicted molar refractivity (Wildman–Crippen MR) is 83.3 cm³/mol. The van der Waals surface area contributed by atoms with E-state index in [1.807, 2.05) is 23.5 Å². The molecule has 3 aromatic heterocycles. The Labute approximate surface area is 132 Å². The van der Waals surface area contributed by atoms with Crippen LogP contribution >= 0.6 is 11.3 Å². The third-order valence-corrected chi connectivity index (χ3v) is 4.93. The average Bonchev–Trinajstić information content (AvgIpc) is 2.93. The van der Waals surface area contributed by atoms with E-state index in [0.717, 1.165) is 6.54 Å². The monoisotopic (exact) mass is 315 g/mol. The van der Waals surface area contributed by atoms with Gasteiger partial charge in [-0.25, -0.2) is 0 Å². The Kier molecular flexibility index (Phi) is 3.56. The molecule has 0 aromatic carbocycles. The van der Waals surface area contributed by atoms with E-state index in [0.29, 0.717) is 30.1 Å². The Balaban J connectivity index is 1.49. The largest absolute Gasteiger partial charge is 0.461 e. The molecule has 114 valence electrons. The third-order valence-electron chi connectivity index (χ3n) is 3.93. The van der Waals surface area contributed by atoms with E-state index in [4.69, 9.17) is 8.94 Å². The second kappa shape index (κ2) is 5.70. The van der Waals surface area contributed by atoms with Crippen LogP contribution in [-0.2, 0) is 13.1 Å². The number of thiophene rings is 1. The van der Waals surface area contributed by atoms with E-state index in [9.17, 15) is 0 Å². The molecule has 0 aliphatic heterocycles. The molecule has 4 rings (SSSR count). The topological polar surface area (TPSA) is 55.3 Å². The molecule has 3 heterocycles. The molecule has 0 amide bonds.